The Kier molecular flexibility index (Phi) is 4.08. The first-order valence-electron chi connectivity index (χ1n) is 8.49. The summed E-state index contributed by atoms with van der Waals surface area (Å²) in [4.78, 5) is 38.1. The summed E-state index contributed by atoms with van der Waals surface area (Å²) in [7, 11) is 0. The van der Waals surface area contributed by atoms with Crippen LogP contribution in [0.25, 0.3) is 10.8 Å². The van der Waals surface area contributed by atoms with Crippen molar-refractivity contribution in [2.24, 2.45) is 0 Å². The second-order valence-electron chi connectivity index (χ2n) is 6.34. The fourth-order valence-corrected chi connectivity index (χ4v) is 3.45. The van der Waals surface area contributed by atoms with E-state index in [0.717, 1.165) is 21.2 Å². The van der Waals surface area contributed by atoms with Crippen molar-refractivity contribution in [3.8, 4) is 0 Å². The quantitative estimate of drug-likeness (QED) is 0.688. The topological polar surface area (TPSA) is 86.7 Å². The normalized spacial score (nSPS) is 15.4. The Morgan fingerprint density at radius 1 is 0.926 bits per heavy atom. The zero-order valence-electron chi connectivity index (χ0n) is 14.3. The molecule has 0 radical (unpaired) electrons. The van der Waals surface area contributed by atoms with E-state index in [4.69, 9.17) is 0 Å². The van der Waals surface area contributed by atoms with Crippen LogP contribution in [-0.2, 0) is 20.8 Å². The molecule has 1 unspecified atom stereocenters. The summed E-state index contributed by atoms with van der Waals surface area (Å²) < 4.78 is 0. The summed E-state index contributed by atoms with van der Waals surface area (Å²) in [5.41, 5.74) is 1.70. The Hall–Kier alpha value is -3.67. The van der Waals surface area contributed by atoms with E-state index in [0.29, 0.717) is 11.4 Å². The predicted molar refractivity (Wildman–Crippen MR) is 102 cm³/mol. The van der Waals surface area contributed by atoms with Gasteiger partial charge in [-0.3, -0.25) is 14.5 Å². The van der Waals surface area contributed by atoms with Gasteiger partial charge in [-0.25, -0.2) is 4.79 Å². The second-order valence-corrected chi connectivity index (χ2v) is 6.34. The van der Waals surface area contributed by atoms with E-state index in [1.807, 2.05) is 30.3 Å². The first kappa shape index (κ1) is 16.8. The number of carboxylic acid groups (broad SMARTS) is 1. The van der Waals surface area contributed by atoms with Gasteiger partial charge in [0, 0.05) is 23.2 Å². The lowest BCUT2D eigenvalue weighted by Crippen LogP contribution is -2.47. The molecule has 6 heteroatoms. The van der Waals surface area contributed by atoms with Gasteiger partial charge in [0.05, 0.1) is 0 Å². The van der Waals surface area contributed by atoms with Crippen molar-refractivity contribution < 1.29 is 19.5 Å². The van der Waals surface area contributed by atoms with E-state index in [-0.39, 0.29) is 6.42 Å². The third-order valence-corrected chi connectivity index (χ3v) is 4.71. The number of carbonyl (C=O) groups excluding carboxylic acids is 2. The van der Waals surface area contributed by atoms with E-state index in [2.05, 4.69) is 5.32 Å². The molecule has 0 saturated carbocycles. The number of aliphatic carboxylic acids is 1. The highest BCUT2D eigenvalue weighted by atomic mass is 16.4. The third kappa shape index (κ3) is 2.91. The minimum Gasteiger partial charge on any atom is -0.480 e. The van der Waals surface area contributed by atoms with Crippen LogP contribution in [0.5, 0.6) is 0 Å². The first-order valence-corrected chi connectivity index (χ1v) is 8.49. The average Bonchev–Trinajstić information content (AvgIpc) is 3.07. The number of fused-ring (bicyclic) bond motifs is 2. The van der Waals surface area contributed by atoms with Gasteiger partial charge in [-0.1, -0.05) is 54.6 Å². The molecule has 1 atom stereocenters. The zero-order valence-corrected chi connectivity index (χ0v) is 14.3. The number of nitrogens with zero attached hydrogens (tertiary/aromatic N) is 1. The number of benzene rings is 3. The fraction of sp³-hybridized carbons (Fsp3) is 0.0952. The largest absolute Gasteiger partial charge is 0.480 e. The maximum absolute atomic E-state index is 12.8. The van der Waals surface area contributed by atoms with Gasteiger partial charge in [0.2, 0.25) is 0 Å². The molecule has 0 bridgehead atoms. The highest BCUT2D eigenvalue weighted by Crippen LogP contribution is 2.32. The lowest BCUT2D eigenvalue weighted by atomic mass is 10.1. The number of hydrogen-bond donors (Lipinski definition) is 2. The number of rotatable bonds is 2. The minimum absolute atomic E-state index is 0.179. The number of nitrogens with one attached hydrogen (secondary N) is 1. The number of hydrogen-bond acceptors (Lipinski definition) is 3. The Morgan fingerprint density at radius 2 is 1.63 bits per heavy atom. The van der Waals surface area contributed by atoms with Gasteiger partial charge in [0.15, 0.2) is 0 Å². The summed E-state index contributed by atoms with van der Waals surface area (Å²) in [6.45, 7) is 0. The van der Waals surface area contributed by atoms with Crippen molar-refractivity contribution >= 4 is 39.9 Å². The molecule has 4 rings (SSSR count). The molecule has 0 spiro atoms. The Labute approximate surface area is 155 Å². The van der Waals surface area contributed by atoms with Gasteiger partial charge in [0.25, 0.3) is 0 Å². The Morgan fingerprint density at radius 3 is 2.44 bits per heavy atom. The maximum Gasteiger partial charge on any atom is 0.327 e. The van der Waals surface area contributed by atoms with Crippen LogP contribution in [-0.4, -0.2) is 28.9 Å². The molecule has 1 aliphatic heterocycles. The fourth-order valence-electron chi connectivity index (χ4n) is 3.45. The molecule has 1 heterocycles. The SMILES string of the molecule is O=C(Nc1cccc2ccccc12)C(=O)N1c2ccccc2CC1C(=O)O. The van der Waals surface area contributed by atoms with Gasteiger partial charge in [0.1, 0.15) is 6.04 Å². The summed E-state index contributed by atoms with van der Waals surface area (Å²) >= 11 is 0. The molecular formula is C21H16N2O4. The lowest BCUT2D eigenvalue weighted by Gasteiger charge is -2.22. The zero-order chi connectivity index (χ0) is 19.0. The standard InChI is InChI=1S/C21H16N2O4/c24-19(22-16-10-5-8-13-6-1-3-9-15(13)16)20(25)23-17-11-4-2-7-14(17)12-18(23)21(26)27/h1-11,18H,12H2,(H,22,24)(H,26,27). The van der Waals surface area contributed by atoms with Gasteiger partial charge >= 0.3 is 17.8 Å². The van der Waals surface area contributed by atoms with Crippen molar-refractivity contribution in [3.63, 3.8) is 0 Å². The van der Waals surface area contributed by atoms with Gasteiger partial charge in [-0.2, -0.15) is 0 Å². The second kappa shape index (κ2) is 6.57. The predicted octanol–water partition coefficient (Wildman–Crippen LogP) is 2.82. The Balaban J connectivity index is 1.65. The van der Waals surface area contributed by atoms with Crippen LogP contribution in [0.2, 0.25) is 0 Å². The number of anilines is 2. The molecule has 0 fully saturated rings. The number of carboxylic acids is 1. The van der Waals surface area contributed by atoms with Crippen molar-refractivity contribution in [2.75, 3.05) is 10.2 Å². The highest BCUT2D eigenvalue weighted by molar-refractivity contribution is 6.45. The van der Waals surface area contributed by atoms with Crippen LogP contribution in [0.3, 0.4) is 0 Å². The van der Waals surface area contributed by atoms with E-state index in [1.165, 1.54) is 0 Å². The molecule has 0 aliphatic carbocycles. The molecule has 6 nitrogen and oxygen atoms in total. The first-order chi connectivity index (χ1) is 13.1. The van der Waals surface area contributed by atoms with Crippen LogP contribution in [0.4, 0.5) is 11.4 Å². The molecular weight excluding hydrogens is 344 g/mol. The molecule has 3 aromatic rings. The van der Waals surface area contributed by atoms with Gasteiger partial charge in [-0.05, 0) is 23.1 Å². The molecule has 134 valence electrons. The van der Waals surface area contributed by atoms with E-state index in [1.54, 1.807) is 36.4 Å². The van der Waals surface area contributed by atoms with Crippen molar-refractivity contribution in [1.82, 2.24) is 0 Å². The molecule has 2 N–H and O–H groups in total. The van der Waals surface area contributed by atoms with Crippen molar-refractivity contribution in [2.45, 2.75) is 12.5 Å². The Bertz CT molecular complexity index is 1070. The average molecular weight is 360 g/mol. The molecule has 0 aromatic heterocycles. The molecule has 1 aliphatic rings. The van der Waals surface area contributed by atoms with Gasteiger partial charge < -0.3 is 10.4 Å². The van der Waals surface area contributed by atoms with E-state index >= 15 is 0 Å². The monoisotopic (exact) mass is 360 g/mol. The minimum atomic E-state index is -1.14. The van der Waals surface area contributed by atoms with Crippen LogP contribution >= 0.6 is 0 Å². The van der Waals surface area contributed by atoms with Crippen LogP contribution in [0.15, 0.2) is 66.7 Å². The number of carbonyl (C=O) groups is 3. The summed E-state index contributed by atoms with van der Waals surface area (Å²) in [5, 5.41) is 13.9. The van der Waals surface area contributed by atoms with Crippen molar-refractivity contribution in [3.05, 3.63) is 72.3 Å². The van der Waals surface area contributed by atoms with E-state index < -0.39 is 23.8 Å². The molecule has 27 heavy (non-hydrogen) atoms. The van der Waals surface area contributed by atoms with Crippen LogP contribution in [0, 0.1) is 0 Å². The number of para-hydroxylation sites is 1. The third-order valence-electron chi connectivity index (χ3n) is 4.71. The number of amides is 2. The van der Waals surface area contributed by atoms with Crippen LogP contribution in [0.1, 0.15) is 5.56 Å². The lowest BCUT2D eigenvalue weighted by molar-refractivity contribution is -0.141. The van der Waals surface area contributed by atoms with Crippen LogP contribution < -0.4 is 10.2 Å². The molecule has 0 saturated heterocycles. The van der Waals surface area contributed by atoms with E-state index in [9.17, 15) is 19.5 Å². The highest BCUT2D eigenvalue weighted by Gasteiger charge is 2.40. The van der Waals surface area contributed by atoms with Gasteiger partial charge in [-0.15, -0.1) is 0 Å². The summed E-state index contributed by atoms with van der Waals surface area (Å²) in [6.07, 6.45) is 0.179. The van der Waals surface area contributed by atoms with Crippen molar-refractivity contribution in [1.29, 1.82) is 0 Å². The molecule has 3 aromatic carbocycles. The maximum atomic E-state index is 12.8. The summed E-state index contributed by atoms with van der Waals surface area (Å²) in [6, 6.07) is 18.7. The summed E-state index contributed by atoms with van der Waals surface area (Å²) in [5.74, 6) is -2.90. The molecule has 2 amide bonds. The smallest absolute Gasteiger partial charge is 0.327 e.